The van der Waals surface area contributed by atoms with Crippen molar-refractivity contribution < 1.29 is 14.3 Å². The first-order chi connectivity index (χ1) is 12.5. The van der Waals surface area contributed by atoms with Crippen LogP contribution in [0, 0.1) is 0 Å². The van der Waals surface area contributed by atoms with Gasteiger partial charge in [-0.1, -0.05) is 24.3 Å². The second-order valence-electron chi connectivity index (χ2n) is 6.85. The van der Waals surface area contributed by atoms with Gasteiger partial charge in [0.2, 0.25) is 5.91 Å². The summed E-state index contributed by atoms with van der Waals surface area (Å²) in [5.74, 6) is 0.0349. The molecule has 1 aliphatic heterocycles. The average Bonchev–Trinajstić information content (AvgIpc) is 2.61. The molecule has 0 aromatic heterocycles. The predicted octanol–water partition coefficient (Wildman–Crippen LogP) is 1.18. The van der Waals surface area contributed by atoms with E-state index in [1.807, 2.05) is 38.1 Å². The highest BCUT2D eigenvalue weighted by Gasteiger charge is 2.22. The van der Waals surface area contributed by atoms with Crippen LogP contribution in [0.2, 0.25) is 0 Å². The summed E-state index contributed by atoms with van der Waals surface area (Å²) >= 11 is 0. The first-order valence-corrected chi connectivity index (χ1v) is 9.09. The summed E-state index contributed by atoms with van der Waals surface area (Å²) in [7, 11) is 1.66. The van der Waals surface area contributed by atoms with Crippen molar-refractivity contribution in [3.8, 4) is 0 Å². The third-order valence-electron chi connectivity index (χ3n) is 4.32. The van der Waals surface area contributed by atoms with Gasteiger partial charge in [-0.05, 0) is 25.0 Å². The summed E-state index contributed by atoms with van der Waals surface area (Å²) in [5, 5.41) is 5.88. The minimum atomic E-state index is -0.0662. The van der Waals surface area contributed by atoms with Gasteiger partial charge in [-0.25, -0.2) is 4.79 Å². The van der Waals surface area contributed by atoms with Crippen LogP contribution in [-0.2, 0) is 22.7 Å². The van der Waals surface area contributed by atoms with Gasteiger partial charge in [0.1, 0.15) is 0 Å². The number of carbonyl (C=O) groups is 2. The lowest BCUT2D eigenvalue weighted by Crippen LogP contribution is -2.53. The van der Waals surface area contributed by atoms with Crippen molar-refractivity contribution in [2.45, 2.75) is 33.0 Å². The topological polar surface area (TPSA) is 73.9 Å². The molecule has 26 heavy (non-hydrogen) atoms. The molecular weight excluding hydrogens is 332 g/mol. The maximum absolute atomic E-state index is 12.4. The standard InChI is InChI=1S/C19H30N4O3/c1-15(2)21-18(24)13-22-8-10-23(11-9-22)19(25)20-12-16-6-4-5-7-17(16)14-26-3/h4-7,15H,8-14H2,1-3H3,(H,20,25)(H,21,24). The van der Waals surface area contributed by atoms with E-state index in [0.717, 1.165) is 11.1 Å². The summed E-state index contributed by atoms with van der Waals surface area (Å²) in [6.45, 7) is 7.96. The molecule has 2 rings (SSSR count). The van der Waals surface area contributed by atoms with Crippen molar-refractivity contribution in [3.63, 3.8) is 0 Å². The third kappa shape index (κ3) is 6.31. The molecule has 0 radical (unpaired) electrons. The number of carbonyl (C=O) groups excluding carboxylic acids is 2. The van der Waals surface area contributed by atoms with Gasteiger partial charge in [0, 0.05) is 45.9 Å². The molecule has 1 aliphatic rings. The number of rotatable bonds is 7. The smallest absolute Gasteiger partial charge is 0.317 e. The molecule has 1 heterocycles. The molecule has 0 saturated carbocycles. The van der Waals surface area contributed by atoms with E-state index in [0.29, 0.717) is 45.9 Å². The number of amides is 3. The molecule has 1 aromatic rings. The Kier molecular flexibility index (Phi) is 7.87. The Hall–Kier alpha value is -2.12. The van der Waals surface area contributed by atoms with Gasteiger partial charge in [0.25, 0.3) is 0 Å². The summed E-state index contributed by atoms with van der Waals surface area (Å²) in [6.07, 6.45) is 0. The fourth-order valence-electron chi connectivity index (χ4n) is 2.99. The number of benzene rings is 1. The highest BCUT2D eigenvalue weighted by atomic mass is 16.5. The van der Waals surface area contributed by atoms with Gasteiger partial charge in [-0.15, -0.1) is 0 Å². The number of methoxy groups -OCH3 is 1. The van der Waals surface area contributed by atoms with Crippen LogP contribution >= 0.6 is 0 Å². The number of hydrogen-bond acceptors (Lipinski definition) is 4. The zero-order valence-electron chi connectivity index (χ0n) is 16.0. The third-order valence-corrected chi connectivity index (χ3v) is 4.32. The van der Waals surface area contributed by atoms with Gasteiger partial charge < -0.3 is 20.3 Å². The molecule has 0 spiro atoms. The number of piperazine rings is 1. The van der Waals surface area contributed by atoms with Crippen molar-refractivity contribution in [1.82, 2.24) is 20.4 Å². The van der Waals surface area contributed by atoms with E-state index >= 15 is 0 Å². The van der Waals surface area contributed by atoms with Crippen molar-refractivity contribution in [3.05, 3.63) is 35.4 Å². The van der Waals surface area contributed by atoms with Crippen LogP contribution in [0.1, 0.15) is 25.0 Å². The Morgan fingerprint density at radius 1 is 1.12 bits per heavy atom. The molecule has 2 N–H and O–H groups in total. The van der Waals surface area contributed by atoms with Gasteiger partial charge in [-0.2, -0.15) is 0 Å². The van der Waals surface area contributed by atoms with Crippen molar-refractivity contribution in [2.24, 2.45) is 0 Å². The van der Waals surface area contributed by atoms with Crippen LogP contribution in [0.3, 0.4) is 0 Å². The lowest BCUT2D eigenvalue weighted by molar-refractivity contribution is -0.123. The SMILES string of the molecule is COCc1ccccc1CNC(=O)N1CCN(CC(=O)NC(C)C)CC1. The van der Waals surface area contributed by atoms with E-state index in [2.05, 4.69) is 15.5 Å². The van der Waals surface area contributed by atoms with Crippen molar-refractivity contribution >= 4 is 11.9 Å². The molecule has 0 atom stereocenters. The maximum atomic E-state index is 12.4. The monoisotopic (exact) mass is 362 g/mol. The molecule has 1 aromatic carbocycles. The number of ether oxygens (including phenoxy) is 1. The van der Waals surface area contributed by atoms with Crippen LogP contribution in [0.4, 0.5) is 4.79 Å². The fraction of sp³-hybridized carbons (Fsp3) is 0.579. The molecule has 144 valence electrons. The molecular formula is C19H30N4O3. The fourth-order valence-corrected chi connectivity index (χ4v) is 2.99. The molecule has 0 bridgehead atoms. The largest absolute Gasteiger partial charge is 0.380 e. The molecule has 7 nitrogen and oxygen atoms in total. The predicted molar refractivity (Wildman–Crippen MR) is 101 cm³/mol. The normalized spacial score (nSPS) is 15.2. The minimum absolute atomic E-state index is 0.0349. The second kappa shape index (κ2) is 10.1. The number of hydrogen-bond donors (Lipinski definition) is 2. The highest BCUT2D eigenvalue weighted by Crippen LogP contribution is 2.10. The van der Waals surface area contributed by atoms with Gasteiger partial charge >= 0.3 is 6.03 Å². The first kappa shape index (κ1) is 20.2. The molecule has 1 fully saturated rings. The Balaban J connectivity index is 1.76. The summed E-state index contributed by atoms with van der Waals surface area (Å²) in [4.78, 5) is 28.1. The Morgan fingerprint density at radius 2 is 1.77 bits per heavy atom. The van der Waals surface area contributed by atoms with Crippen molar-refractivity contribution in [1.29, 1.82) is 0 Å². The molecule has 1 saturated heterocycles. The zero-order chi connectivity index (χ0) is 18.9. The molecule has 3 amide bonds. The van der Waals surface area contributed by atoms with E-state index in [1.54, 1.807) is 12.0 Å². The van der Waals surface area contributed by atoms with E-state index < -0.39 is 0 Å². The Morgan fingerprint density at radius 3 is 2.38 bits per heavy atom. The van der Waals surface area contributed by atoms with Crippen LogP contribution in [0.25, 0.3) is 0 Å². The number of urea groups is 1. The van der Waals surface area contributed by atoms with Gasteiger partial charge in [0.05, 0.1) is 13.2 Å². The summed E-state index contributed by atoms with van der Waals surface area (Å²) < 4.78 is 5.20. The van der Waals surface area contributed by atoms with Crippen molar-refractivity contribution in [2.75, 3.05) is 39.8 Å². The lowest BCUT2D eigenvalue weighted by atomic mass is 10.1. The number of nitrogens with zero attached hydrogens (tertiary/aromatic N) is 2. The van der Waals surface area contributed by atoms with Crippen LogP contribution in [-0.4, -0.2) is 67.6 Å². The molecule has 0 aliphatic carbocycles. The number of nitrogens with one attached hydrogen (secondary N) is 2. The highest BCUT2D eigenvalue weighted by molar-refractivity contribution is 5.78. The van der Waals surface area contributed by atoms with Gasteiger partial charge in [-0.3, -0.25) is 9.69 Å². The quantitative estimate of drug-likeness (QED) is 0.764. The Labute approximate surface area is 155 Å². The van der Waals surface area contributed by atoms with E-state index in [-0.39, 0.29) is 18.0 Å². The van der Waals surface area contributed by atoms with Gasteiger partial charge in [0.15, 0.2) is 0 Å². The zero-order valence-corrected chi connectivity index (χ0v) is 16.0. The summed E-state index contributed by atoms with van der Waals surface area (Å²) in [6, 6.07) is 8.01. The second-order valence-corrected chi connectivity index (χ2v) is 6.85. The Bertz CT molecular complexity index is 598. The van der Waals surface area contributed by atoms with Crippen LogP contribution in [0.5, 0.6) is 0 Å². The van der Waals surface area contributed by atoms with E-state index in [4.69, 9.17) is 4.74 Å². The van der Waals surface area contributed by atoms with Crippen LogP contribution in [0.15, 0.2) is 24.3 Å². The molecule has 7 heteroatoms. The van der Waals surface area contributed by atoms with Crippen LogP contribution < -0.4 is 10.6 Å². The average molecular weight is 362 g/mol. The lowest BCUT2D eigenvalue weighted by Gasteiger charge is -2.34. The molecule has 0 unspecified atom stereocenters. The summed E-state index contributed by atoms with van der Waals surface area (Å²) in [5.41, 5.74) is 2.14. The first-order valence-electron chi connectivity index (χ1n) is 9.09. The van der Waals surface area contributed by atoms with E-state index in [9.17, 15) is 9.59 Å². The maximum Gasteiger partial charge on any atom is 0.317 e. The van der Waals surface area contributed by atoms with E-state index in [1.165, 1.54) is 0 Å². The minimum Gasteiger partial charge on any atom is -0.380 e.